The lowest BCUT2D eigenvalue weighted by molar-refractivity contribution is -0.117. The number of nitrogens with zero attached hydrogens (tertiary/aromatic N) is 1. The van der Waals surface area contributed by atoms with E-state index < -0.39 is 0 Å². The number of benzene rings is 1. The maximum Gasteiger partial charge on any atom is 0.234 e. The number of nitrogens with two attached hydrogens (primary N) is 1. The van der Waals surface area contributed by atoms with Gasteiger partial charge in [0, 0.05) is 11.4 Å². The van der Waals surface area contributed by atoms with E-state index in [2.05, 4.69) is 10.3 Å². The van der Waals surface area contributed by atoms with Gasteiger partial charge in [0.05, 0.1) is 11.6 Å². The molecule has 2 aromatic rings. The fraction of sp³-hybridized carbons (Fsp3) is 0.286. The number of anilines is 1. The highest BCUT2D eigenvalue weighted by Crippen LogP contribution is 2.23. The van der Waals surface area contributed by atoms with Crippen LogP contribution in [0.3, 0.4) is 0 Å². The highest BCUT2D eigenvalue weighted by atomic mass is 35.5. The minimum atomic E-state index is -0.342. The first-order valence-corrected chi connectivity index (χ1v) is 6.93. The highest BCUT2D eigenvalue weighted by molar-refractivity contribution is 7.15. The van der Waals surface area contributed by atoms with Crippen molar-refractivity contribution in [1.82, 2.24) is 4.98 Å². The molecule has 1 atom stereocenters. The summed E-state index contributed by atoms with van der Waals surface area (Å²) in [5.41, 5.74) is 7.59. The van der Waals surface area contributed by atoms with Crippen molar-refractivity contribution in [3.05, 3.63) is 46.5 Å². The van der Waals surface area contributed by atoms with E-state index in [1.54, 1.807) is 0 Å². The van der Waals surface area contributed by atoms with E-state index in [1.807, 2.05) is 44.2 Å². The maximum atomic E-state index is 12.2. The minimum Gasteiger partial charge on any atom is -0.329 e. The molecule has 0 aliphatic heterocycles. The van der Waals surface area contributed by atoms with E-state index in [9.17, 15) is 4.79 Å². The zero-order chi connectivity index (χ0) is 13.8. The lowest BCUT2D eigenvalue weighted by atomic mass is 9.99. The molecular formula is C14H18ClN3OS. The maximum absolute atomic E-state index is 12.2. The standard InChI is InChI=1S/C14H17N3OS.ClH/c1-9-10(2)19-14(16-9)17-13(18)12(8-15)11-6-4-3-5-7-11;/h3-7,12H,8,15H2,1-2H3,(H,16,17,18);1H. The van der Waals surface area contributed by atoms with Gasteiger partial charge in [-0.15, -0.1) is 23.7 Å². The van der Waals surface area contributed by atoms with E-state index in [4.69, 9.17) is 5.73 Å². The summed E-state index contributed by atoms with van der Waals surface area (Å²) in [5.74, 6) is -0.451. The van der Waals surface area contributed by atoms with Gasteiger partial charge >= 0.3 is 0 Å². The second-order valence-corrected chi connectivity index (χ2v) is 5.55. The lowest BCUT2D eigenvalue weighted by Crippen LogP contribution is -2.27. The van der Waals surface area contributed by atoms with Crippen molar-refractivity contribution in [2.75, 3.05) is 11.9 Å². The van der Waals surface area contributed by atoms with Gasteiger partial charge in [-0.2, -0.15) is 0 Å². The monoisotopic (exact) mass is 311 g/mol. The Kier molecular flexibility index (Phi) is 6.13. The van der Waals surface area contributed by atoms with E-state index in [-0.39, 0.29) is 30.8 Å². The van der Waals surface area contributed by atoms with Gasteiger partial charge in [0.1, 0.15) is 0 Å². The third kappa shape index (κ3) is 3.79. The molecule has 6 heteroatoms. The van der Waals surface area contributed by atoms with Gasteiger partial charge in [-0.3, -0.25) is 4.79 Å². The number of thiazole rings is 1. The van der Waals surface area contributed by atoms with Crippen LogP contribution in [0.5, 0.6) is 0 Å². The highest BCUT2D eigenvalue weighted by Gasteiger charge is 2.20. The quantitative estimate of drug-likeness (QED) is 0.912. The molecule has 1 aromatic heterocycles. The molecule has 1 unspecified atom stereocenters. The Balaban J connectivity index is 0.00000200. The van der Waals surface area contributed by atoms with Crippen LogP contribution in [-0.4, -0.2) is 17.4 Å². The fourth-order valence-corrected chi connectivity index (χ4v) is 2.62. The Morgan fingerprint density at radius 3 is 2.50 bits per heavy atom. The normalized spacial score (nSPS) is 11.6. The van der Waals surface area contributed by atoms with Crippen LogP contribution in [0.2, 0.25) is 0 Å². The van der Waals surface area contributed by atoms with Crippen LogP contribution >= 0.6 is 23.7 Å². The number of aromatic nitrogens is 1. The summed E-state index contributed by atoms with van der Waals surface area (Å²) in [6, 6.07) is 9.55. The van der Waals surface area contributed by atoms with Crippen molar-refractivity contribution >= 4 is 34.8 Å². The molecule has 0 radical (unpaired) electrons. The second-order valence-electron chi connectivity index (χ2n) is 4.35. The number of aryl methyl sites for hydroxylation is 2. The summed E-state index contributed by atoms with van der Waals surface area (Å²) in [6.45, 7) is 4.19. The van der Waals surface area contributed by atoms with Crippen LogP contribution in [0.15, 0.2) is 30.3 Å². The van der Waals surface area contributed by atoms with Gasteiger partial charge in [-0.25, -0.2) is 4.98 Å². The topological polar surface area (TPSA) is 68.0 Å². The number of carbonyl (C=O) groups is 1. The SMILES string of the molecule is Cc1nc(NC(=O)C(CN)c2ccccc2)sc1C.Cl. The van der Waals surface area contributed by atoms with E-state index in [0.717, 1.165) is 16.1 Å². The molecule has 0 bridgehead atoms. The molecule has 108 valence electrons. The van der Waals surface area contributed by atoms with Crippen molar-refractivity contribution in [2.45, 2.75) is 19.8 Å². The average molecular weight is 312 g/mol. The number of amides is 1. The summed E-state index contributed by atoms with van der Waals surface area (Å²) in [4.78, 5) is 17.7. The number of hydrogen-bond donors (Lipinski definition) is 2. The molecule has 4 nitrogen and oxygen atoms in total. The predicted molar refractivity (Wildman–Crippen MR) is 85.7 cm³/mol. The van der Waals surface area contributed by atoms with Crippen molar-refractivity contribution in [1.29, 1.82) is 0 Å². The molecule has 0 saturated heterocycles. The molecule has 0 aliphatic rings. The van der Waals surface area contributed by atoms with Crippen molar-refractivity contribution in [2.24, 2.45) is 5.73 Å². The molecule has 0 spiro atoms. The van der Waals surface area contributed by atoms with Crippen LogP contribution in [0.4, 0.5) is 5.13 Å². The van der Waals surface area contributed by atoms with Gasteiger partial charge in [0.2, 0.25) is 5.91 Å². The first-order valence-electron chi connectivity index (χ1n) is 6.11. The summed E-state index contributed by atoms with van der Waals surface area (Å²) < 4.78 is 0. The van der Waals surface area contributed by atoms with Crippen molar-refractivity contribution in [3.63, 3.8) is 0 Å². The zero-order valence-corrected chi connectivity index (χ0v) is 13.1. The Hall–Kier alpha value is -1.43. The van der Waals surface area contributed by atoms with Crippen molar-refractivity contribution in [3.8, 4) is 0 Å². The molecule has 3 N–H and O–H groups in total. The number of hydrogen-bond acceptors (Lipinski definition) is 4. The third-order valence-electron chi connectivity index (χ3n) is 3.01. The van der Waals surface area contributed by atoms with Gasteiger partial charge in [-0.05, 0) is 19.4 Å². The number of rotatable bonds is 4. The van der Waals surface area contributed by atoms with E-state index in [1.165, 1.54) is 11.3 Å². The molecule has 0 fully saturated rings. The van der Waals surface area contributed by atoms with Gasteiger partial charge in [0.15, 0.2) is 5.13 Å². The van der Waals surface area contributed by atoms with E-state index >= 15 is 0 Å². The largest absolute Gasteiger partial charge is 0.329 e. The molecule has 0 aliphatic carbocycles. The smallest absolute Gasteiger partial charge is 0.234 e. The number of halogens is 1. The molecule has 1 heterocycles. The van der Waals surface area contributed by atoms with Crippen LogP contribution in [0.25, 0.3) is 0 Å². The summed E-state index contributed by atoms with van der Waals surface area (Å²) in [5, 5.41) is 3.48. The fourth-order valence-electron chi connectivity index (χ4n) is 1.80. The summed E-state index contributed by atoms with van der Waals surface area (Å²) >= 11 is 1.48. The summed E-state index contributed by atoms with van der Waals surface area (Å²) in [6.07, 6.45) is 0. The van der Waals surface area contributed by atoms with Gasteiger partial charge in [-0.1, -0.05) is 30.3 Å². The zero-order valence-electron chi connectivity index (χ0n) is 11.4. The number of carbonyl (C=O) groups excluding carboxylic acids is 1. The molecule has 20 heavy (non-hydrogen) atoms. The minimum absolute atomic E-state index is 0. The summed E-state index contributed by atoms with van der Waals surface area (Å²) in [7, 11) is 0. The van der Waals surface area contributed by atoms with Crippen LogP contribution in [0.1, 0.15) is 22.1 Å². The van der Waals surface area contributed by atoms with E-state index in [0.29, 0.717) is 5.13 Å². The average Bonchev–Trinajstić information content (AvgIpc) is 2.70. The third-order valence-corrected chi connectivity index (χ3v) is 4.00. The molecule has 1 amide bonds. The Bertz CT molecular complexity index is 552. The first kappa shape index (κ1) is 16.6. The van der Waals surface area contributed by atoms with Crippen molar-refractivity contribution < 1.29 is 4.79 Å². The predicted octanol–water partition coefficient (Wildman–Crippen LogP) is 2.86. The number of nitrogens with one attached hydrogen (secondary N) is 1. The van der Waals surface area contributed by atoms with Crippen LogP contribution in [-0.2, 0) is 4.79 Å². The molecule has 1 aromatic carbocycles. The lowest BCUT2D eigenvalue weighted by Gasteiger charge is -2.13. The van der Waals surface area contributed by atoms with Crippen LogP contribution in [0, 0.1) is 13.8 Å². The Morgan fingerprint density at radius 2 is 2.00 bits per heavy atom. The molecular weight excluding hydrogens is 294 g/mol. The van der Waals surface area contributed by atoms with Gasteiger partial charge in [0.25, 0.3) is 0 Å². The van der Waals surface area contributed by atoms with Crippen LogP contribution < -0.4 is 11.1 Å². The first-order chi connectivity index (χ1) is 9.11. The Labute approximate surface area is 128 Å². The Morgan fingerprint density at radius 1 is 1.35 bits per heavy atom. The second kappa shape index (κ2) is 7.38. The van der Waals surface area contributed by atoms with Gasteiger partial charge < -0.3 is 11.1 Å². The molecule has 2 rings (SSSR count). The molecule has 0 saturated carbocycles.